The highest BCUT2D eigenvalue weighted by Gasteiger charge is 2.13. The molecule has 0 fully saturated rings. The van der Waals surface area contributed by atoms with Gasteiger partial charge in [0, 0.05) is 6.54 Å². The zero-order valence-electron chi connectivity index (χ0n) is 13.1. The summed E-state index contributed by atoms with van der Waals surface area (Å²) in [6.07, 6.45) is 8.01. The van der Waals surface area contributed by atoms with Crippen LogP contribution in [0.5, 0.6) is 0 Å². The van der Waals surface area contributed by atoms with E-state index in [0.29, 0.717) is 0 Å². The molecule has 1 N–H and O–H groups in total. The fourth-order valence-electron chi connectivity index (χ4n) is 3.01. The van der Waals surface area contributed by atoms with Crippen LogP contribution >= 0.6 is 0 Å². The van der Waals surface area contributed by atoms with Crippen molar-refractivity contribution in [1.82, 2.24) is 4.90 Å². The van der Waals surface area contributed by atoms with Crippen LogP contribution in [0.4, 0.5) is 0 Å². The van der Waals surface area contributed by atoms with Crippen LogP contribution in [0.25, 0.3) is 0 Å². The Labute approximate surface area is 123 Å². The van der Waals surface area contributed by atoms with Crippen LogP contribution in [0.15, 0.2) is 18.2 Å². The number of fused-ring (bicyclic) bond motifs is 1. The molecule has 1 atom stereocenters. The average molecular weight is 275 g/mol. The minimum absolute atomic E-state index is 0.314. The first-order valence-electron chi connectivity index (χ1n) is 8.19. The van der Waals surface area contributed by atoms with Crippen LogP contribution in [-0.4, -0.2) is 30.1 Å². The lowest BCUT2D eigenvalue weighted by Gasteiger charge is -2.21. The maximum absolute atomic E-state index is 10.4. The van der Waals surface area contributed by atoms with E-state index >= 15 is 0 Å². The first-order chi connectivity index (χ1) is 9.70. The number of unbranched alkanes of at least 4 members (excludes halogenated alkanes) is 1. The maximum Gasteiger partial charge on any atom is 0.0802 e. The van der Waals surface area contributed by atoms with Gasteiger partial charge in [-0.25, -0.2) is 0 Å². The van der Waals surface area contributed by atoms with Crippen LogP contribution < -0.4 is 0 Å². The number of aliphatic hydroxyl groups excluding tert-OH is 1. The molecule has 0 amide bonds. The quantitative estimate of drug-likeness (QED) is 0.820. The van der Waals surface area contributed by atoms with Crippen LogP contribution in [0, 0.1) is 0 Å². The minimum atomic E-state index is -0.314. The van der Waals surface area contributed by atoms with Crippen molar-refractivity contribution in [3.63, 3.8) is 0 Å². The summed E-state index contributed by atoms with van der Waals surface area (Å²) in [6, 6.07) is 6.60. The summed E-state index contributed by atoms with van der Waals surface area (Å²) >= 11 is 0. The van der Waals surface area contributed by atoms with E-state index < -0.39 is 0 Å². The van der Waals surface area contributed by atoms with E-state index in [9.17, 15) is 5.11 Å². The Morgan fingerprint density at radius 2 is 1.90 bits per heavy atom. The lowest BCUT2D eigenvalue weighted by molar-refractivity contribution is 0.148. The van der Waals surface area contributed by atoms with Crippen molar-refractivity contribution in [3.8, 4) is 0 Å². The van der Waals surface area contributed by atoms with Crippen LogP contribution in [0.1, 0.15) is 61.8 Å². The van der Waals surface area contributed by atoms with Gasteiger partial charge in [0.2, 0.25) is 0 Å². The molecule has 1 aliphatic carbocycles. The molecule has 0 saturated heterocycles. The van der Waals surface area contributed by atoms with Crippen molar-refractivity contribution >= 4 is 0 Å². The molecule has 0 spiro atoms. The van der Waals surface area contributed by atoms with Crippen LogP contribution in [-0.2, 0) is 12.8 Å². The van der Waals surface area contributed by atoms with E-state index in [1.54, 1.807) is 0 Å². The normalized spacial score (nSPS) is 16.2. The van der Waals surface area contributed by atoms with Crippen molar-refractivity contribution in [1.29, 1.82) is 0 Å². The fourth-order valence-corrected chi connectivity index (χ4v) is 3.01. The molecule has 0 saturated carbocycles. The van der Waals surface area contributed by atoms with Gasteiger partial charge in [0.05, 0.1) is 6.10 Å². The van der Waals surface area contributed by atoms with Gasteiger partial charge in [-0.3, -0.25) is 0 Å². The van der Waals surface area contributed by atoms with Crippen LogP contribution in [0.2, 0.25) is 0 Å². The van der Waals surface area contributed by atoms with E-state index in [4.69, 9.17) is 0 Å². The molecule has 0 aromatic heterocycles. The number of rotatable bonds is 7. The van der Waals surface area contributed by atoms with Crippen molar-refractivity contribution < 1.29 is 5.11 Å². The minimum Gasteiger partial charge on any atom is -0.388 e. The average Bonchev–Trinajstić information content (AvgIpc) is 2.50. The molecule has 2 rings (SSSR count). The topological polar surface area (TPSA) is 23.5 Å². The zero-order valence-corrected chi connectivity index (χ0v) is 13.1. The fraction of sp³-hybridized carbons (Fsp3) is 0.667. The molecule has 0 heterocycles. The first-order valence-corrected chi connectivity index (χ1v) is 8.19. The van der Waals surface area contributed by atoms with Crippen molar-refractivity contribution in [2.45, 2.75) is 58.0 Å². The van der Waals surface area contributed by atoms with Crippen molar-refractivity contribution in [3.05, 3.63) is 34.9 Å². The van der Waals surface area contributed by atoms with Gasteiger partial charge in [-0.2, -0.15) is 0 Å². The lowest BCUT2D eigenvalue weighted by Crippen LogP contribution is -2.22. The summed E-state index contributed by atoms with van der Waals surface area (Å²) in [5.41, 5.74) is 4.06. The monoisotopic (exact) mass is 275 g/mol. The van der Waals surface area contributed by atoms with Gasteiger partial charge < -0.3 is 10.0 Å². The molecule has 1 unspecified atom stereocenters. The van der Waals surface area contributed by atoms with Crippen molar-refractivity contribution in [2.24, 2.45) is 0 Å². The highest BCUT2D eigenvalue weighted by Crippen LogP contribution is 2.26. The molecular formula is C18H29NO. The molecule has 0 bridgehead atoms. The second kappa shape index (κ2) is 7.80. The third-order valence-corrected chi connectivity index (χ3v) is 4.43. The van der Waals surface area contributed by atoms with E-state index in [0.717, 1.165) is 25.1 Å². The summed E-state index contributed by atoms with van der Waals surface area (Å²) in [5, 5.41) is 10.4. The second-order valence-electron chi connectivity index (χ2n) is 6.20. The smallest absolute Gasteiger partial charge is 0.0802 e. The number of nitrogens with zero attached hydrogens (tertiary/aromatic N) is 1. The number of hydrogen-bond acceptors (Lipinski definition) is 2. The Morgan fingerprint density at radius 3 is 2.65 bits per heavy atom. The Kier molecular flexibility index (Phi) is 6.06. The summed E-state index contributed by atoms with van der Waals surface area (Å²) in [4.78, 5) is 2.32. The standard InChI is InChI=1S/C18H29NO/c1-3-4-12-19(2)13-11-18(20)17-10-9-15-7-5-6-8-16(15)14-17/h9-10,14,18,20H,3-8,11-13H2,1-2H3. The highest BCUT2D eigenvalue weighted by molar-refractivity contribution is 5.34. The Hall–Kier alpha value is -0.860. The molecule has 1 aromatic rings. The summed E-state index contributed by atoms with van der Waals surface area (Å²) in [6.45, 7) is 4.32. The predicted octanol–water partition coefficient (Wildman–Crippen LogP) is 3.72. The molecule has 2 nitrogen and oxygen atoms in total. The lowest BCUT2D eigenvalue weighted by atomic mass is 9.89. The third kappa shape index (κ3) is 4.32. The van der Waals surface area contributed by atoms with E-state index in [1.807, 2.05) is 0 Å². The first kappa shape index (κ1) is 15.5. The highest BCUT2D eigenvalue weighted by atomic mass is 16.3. The summed E-state index contributed by atoms with van der Waals surface area (Å²) in [5.74, 6) is 0. The van der Waals surface area contributed by atoms with E-state index in [-0.39, 0.29) is 6.10 Å². The van der Waals surface area contributed by atoms with E-state index in [1.165, 1.54) is 49.7 Å². The zero-order chi connectivity index (χ0) is 14.4. The van der Waals surface area contributed by atoms with Gasteiger partial charge in [-0.1, -0.05) is 31.5 Å². The predicted molar refractivity (Wildman–Crippen MR) is 85.1 cm³/mol. The number of aliphatic hydroxyl groups is 1. The van der Waals surface area contributed by atoms with Gasteiger partial charge in [0.15, 0.2) is 0 Å². The SMILES string of the molecule is CCCCN(C)CCC(O)c1ccc2c(c1)CCCC2. The van der Waals surface area contributed by atoms with Gasteiger partial charge >= 0.3 is 0 Å². The Balaban J connectivity index is 1.87. The molecule has 1 aromatic carbocycles. The molecule has 0 radical (unpaired) electrons. The van der Waals surface area contributed by atoms with Gasteiger partial charge in [0.25, 0.3) is 0 Å². The molecule has 112 valence electrons. The molecule has 20 heavy (non-hydrogen) atoms. The van der Waals surface area contributed by atoms with E-state index in [2.05, 4.69) is 37.1 Å². The van der Waals surface area contributed by atoms with Crippen LogP contribution in [0.3, 0.4) is 0 Å². The maximum atomic E-state index is 10.4. The molecule has 2 heteroatoms. The number of aryl methyl sites for hydroxylation is 2. The number of hydrogen-bond donors (Lipinski definition) is 1. The second-order valence-corrected chi connectivity index (χ2v) is 6.20. The molecule has 1 aliphatic rings. The summed E-state index contributed by atoms with van der Waals surface area (Å²) in [7, 11) is 2.15. The summed E-state index contributed by atoms with van der Waals surface area (Å²) < 4.78 is 0. The molecule has 0 aliphatic heterocycles. The van der Waals surface area contributed by atoms with Crippen molar-refractivity contribution in [2.75, 3.05) is 20.1 Å². The largest absolute Gasteiger partial charge is 0.388 e. The Morgan fingerprint density at radius 1 is 1.15 bits per heavy atom. The number of benzene rings is 1. The van der Waals surface area contributed by atoms with Gasteiger partial charge in [-0.05, 0) is 68.8 Å². The Bertz CT molecular complexity index is 416. The van der Waals surface area contributed by atoms with Gasteiger partial charge in [0.1, 0.15) is 0 Å². The van der Waals surface area contributed by atoms with Gasteiger partial charge in [-0.15, -0.1) is 0 Å². The third-order valence-electron chi connectivity index (χ3n) is 4.43. The molecular weight excluding hydrogens is 246 g/mol.